The van der Waals surface area contributed by atoms with Gasteiger partial charge in [0.2, 0.25) is 0 Å². The molecule has 17 heavy (non-hydrogen) atoms. The van der Waals surface area contributed by atoms with Crippen molar-refractivity contribution < 1.29 is 4.79 Å². The Hall–Kier alpha value is -1.71. The molecule has 0 N–H and O–H groups in total. The summed E-state index contributed by atoms with van der Waals surface area (Å²) < 4.78 is 0. The minimum absolute atomic E-state index is 0.0874. The second kappa shape index (κ2) is 3.95. The summed E-state index contributed by atoms with van der Waals surface area (Å²) in [6, 6.07) is 5.62. The Morgan fingerprint density at radius 3 is 2.53 bits per heavy atom. The van der Waals surface area contributed by atoms with Crippen LogP contribution in [0.2, 0.25) is 0 Å². The molecule has 0 aromatic carbocycles. The van der Waals surface area contributed by atoms with Gasteiger partial charge in [0, 0.05) is 13.2 Å². The molecular formula is C13H17N3O. The molecule has 0 saturated heterocycles. The summed E-state index contributed by atoms with van der Waals surface area (Å²) in [7, 11) is 1.90. The van der Waals surface area contributed by atoms with Gasteiger partial charge in [0.25, 0.3) is 5.91 Å². The molecule has 0 spiro atoms. The molecular weight excluding hydrogens is 214 g/mol. The average Bonchev–Trinajstić information content (AvgIpc) is 2.56. The van der Waals surface area contributed by atoms with Gasteiger partial charge in [-0.25, -0.2) is 0 Å². The van der Waals surface area contributed by atoms with Crippen LogP contribution in [0.5, 0.6) is 0 Å². The van der Waals surface area contributed by atoms with E-state index in [4.69, 9.17) is 0 Å². The van der Waals surface area contributed by atoms with E-state index in [-0.39, 0.29) is 11.8 Å². The van der Waals surface area contributed by atoms with Crippen molar-refractivity contribution >= 4 is 11.7 Å². The van der Waals surface area contributed by atoms with Gasteiger partial charge in [-0.05, 0) is 25.0 Å². The van der Waals surface area contributed by atoms with Crippen molar-refractivity contribution in [3.8, 4) is 0 Å². The summed E-state index contributed by atoms with van der Waals surface area (Å²) in [4.78, 5) is 22.4. The predicted molar refractivity (Wildman–Crippen MR) is 66.8 cm³/mol. The first-order valence-electron chi connectivity index (χ1n) is 5.76. The highest BCUT2D eigenvalue weighted by molar-refractivity contribution is 6.12. The molecule has 4 nitrogen and oxygen atoms in total. The maximum Gasteiger partial charge on any atom is 0.273 e. The Morgan fingerprint density at radius 1 is 1.35 bits per heavy atom. The van der Waals surface area contributed by atoms with Crippen LogP contribution in [0.25, 0.3) is 0 Å². The number of nitrogens with zero attached hydrogens (tertiary/aromatic N) is 3. The highest BCUT2D eigenvalue weighted by Gasteiger charge is 2.47. The second-order valence-electron chi connectivity index (χ2n) is 4.82. The first-order valence-corrected chi connectivity index (χ1v) is 5.76. The number of amidine groups is 1. The van der Waals surface area contributed by atoms with E-state index in [1.165, 1.54) is 0 Å². The van der Waals surface area contributed by atoms with Crippen LogP contribution in [0, 0.1) is 5.92 Å². The predicted octanol–water partition coefficient (Wildman–Crippen LogP) is 1.71. The van der Waals surface area contributed by atoms with E-state index < -0.39 is 5.54 Å². The largest absolute Gasteiger partial charge is 0.343 e. The number of rotatable bonds is 2. The smallest absolute Gasteiger partial charge is 0.273 e. The lowest BCUT2D eigenvalue weighted by Crippen LogP contribution is -2.51. The molecule has 1 atom stereocenters. The summed E-state index contributed by atoms with van der Waals surface area (Å²) in [5, 5.41) is 0. The Bertz CT molecular complexity index is 467. The molecule has 0 unspecified atom stereocenters. The molecule has 0 saturated carbocycles. The lowest BCUT2D eigenvalue weighted by atomic mass is 9.87. The quantitative estimate of drug-likeness (QED) is 0.778. The van der Waals surface area contributed by atoms with Gasteiger partial charge in [0.1, 0.15) is 11.2 Å². The van der Waals surface area contributed by atoms with Crippen LogP contribution in [0.15, 0.2) is 29.4 Å². The van der Waals surface area contributed by atoms with Gasteiger partial charge in [0.05, 0.1) is 0 Å². The molecule has 1 aromatic heterocycles. The van der Waals surface area contributed by atoms with E-state index in [2.05, 4.69) is 9.98 Å². The molecule has 4 heteroatoms. The fourth-order valence-electron chi connectivity index (χ4n) is 2.01. The van der Waals surface area contributed by atoms with Crippen molar-refractivity contribution in [2.75, 3.05) is 7.05 Å². The maximum atomic E-state index is 12.1. The molecule has 2 heterocycles. The van der Waals surface area contributed by atoms with Gasteiger partial charge >= 0.3 is 0 Å². The number of aliphatic imine (C=N–C) groups is 1. The lowest BCUT2D eigenvalue weighted by molar-refractivity contribution is -0.126. The fraction of sp³-hybridized carbons (Fsp3) is 0.462. The highest BCUT2D eigenvalue weighted by atomic mass is 16.2. The minimum Gasteiger partial charge on any atom is -0.343 e. The molecule has 0 radical (unpaired) electrons. The average molecular weight is 231 g/mol. The fourth-order valence-corrected chi connectivity index (χ4v) is 2.01. The lowest BCUT2D eigenvalue weighted by Gasteiger charge is -2.35. The van der Waals surface area contributed by atoms with Crippen molar-refractivity contribution in [1.82, 2.24) is 9.88 Å². The SMILES string of the molecule is CC(C)[C@]1(C)C(=O)N=C(c2ccccn2)N1C. The van der Waals surface area contributed by atoms with E-state index in [9.17, 15) is 4.79 Å². The van der Waals surface area contributed by atoms with Crippen LogP contribution >= 0.6 is 0 Å². The van der Waals surface area contributed by atoms with Crippen LogP contribution in [0.4, 0.5) is 0 Å². The monoisotopic (exact) mass is 231 g/mol. The van der Waals surface area contributed by atoms with Crippen molar-refractivity contribution in [3.63, 3.8) is 0 Å². The van der Waals surface area contributed by atoms with E-state index in [0.29, 0.717) is 5.84 Å². The third kappa shape index (κ3) is 1.64. The van der Waals surface area contributed by atoms with Gasteiger partial charge in [-0.15, -0.1) is 0 Å². The van der Waals surface area contributed by atoms with Crippen LogP contribution in [0.3, 0.4) is 0 Å². The summed E-state index contributed by atoms with van der Waals surface area (Å²) in [5.41, 5.74) is 0.181. The zero-order valence-electron chi connectivity index (χ0n) is 10.6. The van der Waals surface area contributed by atoms with Crippen molar-refractivity contribution in [1.29, 1.82) is 0 Å². The molecule has 1 aliphatic heterocycles. The van der Waals surface area contributed by atoms with Gasteiger partial charge in [-0.3, -0.25) is 9.78 Å². The number of hydrogen-bond donors (Lipinski definition) is 0. The standard InChI is InChI=1S/C13H17N3O/c1-9(2)13(3)12(17)15-11(16(13)4)10-7-5-6-8-14-10/h5-9H,1-4H3/t13-/m1/s1. The van der Waals surface area contributed by atoms with Gasteiger partial charge in [-0.2, -0.15) is 4.99 Å². The number of aromatic nitrogens is 1. The highest BCUT2D eigenvalue weighted by Crippen LogP contribution is 2.31. The summed E-state index contributed by atoms with van der Waals surface area (Å²) in [6.45, 7) is 6.00. The number of carbonyl (C=O) groups is 1. The first kappa shape index (κ1) is 11.8. The van der Waals surface area contributed by atoms with Crippen LogP contribution in [0.1, 0.15) is 26.5 Å². The molecule has 1 amide bonds. The molecule has 1 aliphatic rings. The minimum atomic E-state index is -0.563. The number of likely N-dealkylation sites (N-methyl/N-ethyl adjacent to an activating group) is 1. The Kier molecular flexibility index (Phi) is 2.73. The molecule has 0 fully saturated rings. The van der Waals surface area contributed by atoms with Crippen molar-refractivity contribution in [3.05, 3.63) is 30.1 Å². The Labute approximate surface area is 101 Å². The second-order valence-corrected chi connectivity index (χ2v) is 4.82. The molecule has 1 aromatic rings. The zero-order chi connectivity index (χ0) is 12.6. The third-order valence-corrected chi connectivity index (χ3v) is 3.67. The topological polar surface area (TPSA) is 45.6 Å². The molecule has 2 rings (SSSR count). The number of pyridine rings is 1. The molecule has 0 bridgehead atoms. The van der Waals surface area contributed by atoms with Gasteiger partial charge < -0.3 is 4.90 Å². The van der Waals surface area contributed by atoms with Gasteiger partial charge in [-0.1, -0.05) is 19.9 Å². The van der Waals surface area contributed by atoms with E-state index in [1.54, 1.807) is 6.20 Å². The van der Waals surface area contributed by atoms with Crippen LogP contribution < -0.4 is 0 Å². The number of carbonyl (C=O) groups excluding carboxylic acids is 1. The number of amides is 1. The normalized spacial score (nSPS) is 24.4. The molecule has 0 aliphatic carbocycles. The van der Waals surface area contributed by atoms with E-state index in [1.807, 2.05) is 50.9 Å². The summed E-state index contributed by atoms with van der Waals surface area (Å²) in [6.07, 6.45) is 1.71. The summed E-state index contributed by atoms with van der Waals surface area (Å²) >= 11 is 0. The van der Waals surface area contributed by atoms with Gasteiger partial charge in [0.15, 0.2) is 5.84 Å². The molecule has 90 valence electrons. The third-order valence-electron chi connectivity index (χ3n) is 3.67. The first-order chi connectivity index (χ1) is 7.98. The van der Waals surface area contributed by atoms with E-state index >= 15 is 0 Å². The van der Waals surface area contributed by atoms with Crippen molar-refractivity contribution in [2.45, 2.75) is 26.3 Å². The Balaban J connectivity index is 2.42. The van der Waals surface area contributed by atoms with Crippen LogP contribution in [-0.2, 0) is 4.79 Å². The Morgan fingerprint density at radius 2 is 2.06 bits per heavy atom. The van der Waals surface area contributed by atoms with E-state index in [0.717, 1.165) is 5.69 Å². The van der Waals surface area contributed by atoms with Crippen molar-refractivity contribution in [2.24, 2.45) is 10.9 Å². The maximum absolute atomic E-state index is 12.1. The zero-order valence-corrected chi connectivity index (χ0v) is 10.6. The summed E-state index contributed by atoms with van der Waals surface area (Å²) in [5.74, 6) is 0.771. The number of hydrogen-bond acceptors (Lipinski definition) is 3. The van der Waals surface area contributed by atoms with Crippen LogP contribution in [-0.4, -0.2) is 34.2 Å².